The second-order valence-electron chi connectivity index (χ2n) is 3.25. The molecule has 3 rings (SSSR count). The molecule has 0 N–H and O–H groups in total. The first-order chi connectivity index (χ1) is 7.34. The molecule has 0 unspecified atom stereocenters. The molecule has 6 heteroatoms. The lowest BCUT2D eigenvalue weighted by Gasteiger charge is -2.07. The van der Waals surface area contributed by atoms with E-state index in [1.54, 1.807) is 18.2 Å². The van der Waals surface area contributed by atoms with Crippen molar-refractivity contribution in [2.24, 2.45) is 0 Å². The first-order valence-corrected chi connectivity index (χ1v) is 4.57. The number of hydrogen-bond acceptors (Lipinski definition) is 5. The van der Waals surface area contributed by atoms with Gasteiger partial charge in [0.15, 0.2) is 6.29 Å². The van der Waals surface area contributed by atoms with Crippen LogP contribution < -0.4 is 4.90 Å². The topological polar surface area (TPSA) is 71.4 Å². The molecule has 1 fully saturated rings. The van der Waals surface area contributed by atoms with E-state index in [0.29, 0.717) is 29.2 Å². The molecule has 1 aromatic heterocycles. The summed E-state index contributed by atoms with van der Waals surface area (Å²) in [5.41, 5.74) is 1.74. The predicted octanol–water partition coefficient (Wildman–Crippen LogP) is 0.507. The second-order valence-corrected chi connectivity index (χ2v) is 3.25. The third-order valence-corrected chi connectivity index (χ3v) is 2.30. The van der Waals surface area contributed by atoms with E-state index in [2.05, 4.69) is 9.79 Å². The molecule has 1 saturated heterocycles. The minimum Gasteiger partial charge on any atom is -0.359 e. The number of rotatable bonds is 1. The van der Waals surface area contributed by atoms with E-state index in [4.69, 9.17) is 9.47 Å². The van der Waals surface area contributed by atoms with E-state index in [-0.39, 0.29) is 6.29 Å². The lowest BCUT2D eigenvalue weighted by molar-refractivity contribution is -0.782. The number of nitrogens with zero attached hydrogens (tertiary/aromatic N) is 2. The Balaban J connectivity index is 2.05. The van der Waals surface area contributed by atoms with Gasteiger partial charge in [0.05, 0.1) is 13.2 Å². The summed E-state index contributed by atoms with van der Waals surface area (Å²) in [4.78, 5) is 0.371. The van der Waals surface area contributed by atoms with Crippen molar-refractivity contribution in [3.63, 3.8) is 0 Å². The molecule has 2 heterocycles. The molecule has 78 valence electrons. The molecule has 15 heavy (non-hydrogen) atoms. The Morgan fingerprint density at radius 1 is 1.33 bits per heavy atom. The Hall–Kier alpha value is -1.66. The smallest absolute Gasteiger partial charge is 0.249 e. The van der Waals surface area contributed by atoms with Gasteiger partial charge in [-0.25, -0.2) is 0 Å². The Morgan fingerprint density at radius 2 is 2.13 bits per heavy atom. The SMILES string of the molecule is [O-][n+]1onc2cc(C3OCCO3)ccc21. The molecular weight excluding hydrogens is 200 g/mol. The largest absolute Gasteiger partial charge is 0.359 e. The van der Waals surface area contributed by atoms with Crippen LogP contribution >= 0.6 is 0 Å². The van der Waals surface area contributed by atoms with Crippen LogP contribution in [0.1, 0.15) is 11.9 Å². The average Bonchev–Trinajstić information content (AvgIpc) is 2.88. The van der Waals surface area contributed by atoms with Crippen molar-refractivity contribution in [1.29, 1.82) is 0 Å². The summed E-state index contributed by atoms with van der Waals surface area (Å²) >= 11 is 0. The first-order valence-electron chi connectivity index (χ1n) is 4.57. The molecule has 0 radical (unpaired) electrons. The van der Waals surface area contributed by atoms with Gasteiger partial charge in [-0.3, -0.25) is 4.63 Å². The number of benzene rings is 1. The van der Waals surface area contributed by atoms with Gasteiger partial charge in [-0.15, -0.1) is 0 Å². The normalized spacial score (nSPS) is 17.6. The van der Waals surface area contributed by atoms with E-state index in [0.717, 1.165) is 5.56 Å². The molecule has 1 aromatic carbocycles. The number of hydrogen-bond donors (Lipinski definition) is 0. The molecular formula is C9H8N2O4. The van der Waals surface area contributed by atoms with Crippen molar-refractivity contribution < 1.29 is 19.0 Å². The van der Waals surface area contributed by atoms with Crippen molar-refractivity contribution in [2.45, 2.75) is 6.29 Å². The molecule has 0 spiro atoms. The lowest BCUT2D eigenvalue weighted by atomic mass is 10.2. The molecule has 0 atom stereocenters. The molecule has 0 saturated carbocycles. The van der Waals surface area contributed by atoms with Gasteiger partial charge < -0.3 is 14.7 Å². The molecule has 2 aromatic rings. The molecule has 0 bridgehead atoms. The Morgan fingerprint density at radius 3 is 2.93 bits per heavy atom. The fourth-order valence-electron chi connectivity index (χ4n) is 1.59. The quantitative estimate of drug-likeness (QED) is 0.638. The van der Waals surface area contributed by atoms with E-state index in [1.165, 1.54) is 0 Å². The Bertz CT molecular complexity index is 490. The maximum Gasteiger partial charge on any atom is 0.249 e. The van der Waals surface area contributed by atoms with Crippen molar-refractivity contribution in [1.82, 2.24) is 5.16 Å². The van der Waals surface area contributed by atoms with Gasteiger partial charge in [0.2, 0.25) is 11.0 Å². The number of aromatic nitrogens is 2. The van der Waals surface area contributed by atoms with Crippen LogP contribution in [0.25, 0.3) is 11.0 Å². The van der Waals surface area contributed by atoms with Crippen LogP contribution in [0.5, 0.6) is 0 Å². The summed E-state index contributed by atoms with van der Waals surface area (Å²) in [6, 6.07) is 5.13. The fraction of sp³-hybridized carbons (Fsp3) is 0.333. The van der Waals surface area contributed by atoms with Gasteiger partial charge in [-0.1, -0.05) is 0 Å². The van der Waals surface area contributed by atoms with Crippen LogP contribution in [-0.4, -0.2) is 18.4 Å². The van der Waals surface area contributed by atoms with Crippen molar-refractivity contribution >= 4 is 11.0 Å². The van der Waals surface area contributed by atoms with Crippen molar-refractivity contribution in [3.05, 3.63) is 29.0 Å². The zero-order valence-electron chi connectivity index (χ0n) is 7.75. The van der Waals surface area contributed by atoms with Crippen LogP contribution in [0.2, 0.25) is 0 Å². The van der Waals surface area contributed by atoms with Crippen LogP contribution in [0.15, 0.2) is 22.8 Å². The summed E-state index contributed by atoms with van der Waals surface area (Å²) in [5, 5.41) is 14.7. The lowest BCUT2D eigenvalue weighted by Crippen LogP contribution is -2.22. The van der Waals surface area contributed by atoms with Gasteiger partial charge in [0, 0.05) is 16.8 Å². The van der Waals surface area contributed by atoms with Crippen LogP contribution in [0.3, 0.4) is 0 Å². The van der Waals surface area contributed by atoms with Gasteiger partial charge in [0.1, 0.15) is 0 Å². The molecule has 0 aliphatic carbocycles. The predicted molar refractivity (Wildman–Crippen MR) is 47.6 cm³/mol. The van der Waals surface area contributed by atoms with E-state index in [9.17, 15) is 5.21 Å². The maximum absolute atomic E-state index is 11.0. The summed E-state index contributed by atoms with van der Waals surface area (Å²) in [6.07, 6.45) is -0.355. The molecule has 6 nitrogen and oxygen atoms in total. The minimum atomic E-state index is -0.355. The van der Waals surface area contributed by atoms with Crippen LogP contribution in [0.4, 0.5) is 0 Å². The standard InChI is InChI=1S/C9H8N2O4/c12-11-8-2-1-6(5-7(8)10-15-11)9-13-3-4-14-9/h1-2,5,9H,3-4H2. The third-order valence-electron chi connectivity index (χ3n) is 2.30. The monoisotopic (exact) mass is 208 g/mol. The van der Waals surface area contributed by atoms with Gasteiger partial charge in [0.25, 0.3) is 0 Å². The summed E-state index contributed by atoms with van der Waals surface area (Å²) in [6.45, 7) is 1.17. The van der Waals surface area contributed by atoms with E-state index >= 15 is 0 Å². The molecule has 1 aliphatic rings. The third kappa shape index (κ3) is 1.34. The summed E-state index contributed by atoms with van der Waals surface area (Å²) in [5.74, 6) is 0. The van der Waals surface area contributed by atoms with Crippen LogP contribution in [-0.2, 0) is 9.47 Å². The summed E-state index contributed by atoms with van der Waals surface area (Å²) < 4.78 is 15.1. The fourth-order valence-corrected chi connectivity index (χ4v) is 1.59. The molecule has 0 amide bonds. The van der Waals surface area contributed by atoms with Crippen LogP contribution in [0, 0.1) is 5.21 Å². The highest BCUT2D eigenvalue weighted by Crippen LogP contribution is 2.24. The Labute approximate surface area is 84.5 Å². The first kappa shape index (κ1) is 8.63. The molecule has 1 aliphatic heterocycles. The zero-order chi connectivity index (χ0) is 10.3. The van der Waals surface area contributed by atoms with Crippen molar-refractivity contribution in [2.75, 3.05) is 13.2 Å². The van der Waals surface area contributed by atoms with Gasteiger partial charge >= 0.3 is 0 Å². The highest BCUT2D eigenvalue weighted by Gasteiger charge is 2.20. The zero-order valence-corrected chi connectivity index (χ0v) is 7.75. The number of ether oxygens (including phenoxy) is 2. The second kappa shape index (κ2) is 3.18. The minimum absolute atomic E-state index is 0.355. The van der Waals surface area contributed by atoms with E-state index in [1.807, 2.05) is 0 Å². The van der Waals surface area contributed by atoms with E-state index < -0.39 is 0 Å². The Kier molecular flexibility index (Phi) is 1.83. The van der Waals surface area contributed by atoms with Gasteiger partial charge in [-0.2, -0.15) is 0 Å². The highest BCUT2D eigenvalue weighted by molar-refractivity contribution is 5.71. The average molecular weight is 208 g/mol. The highest BCUT2D eigenvalue weighted by atomic mass is 16.8. The maximum atomic E-state index is 11.0. The van der Waals surface area contributed by atoms with Crippen molar-refractivity contribution in [3.8, 4) is 0 Å². The summed E-state index contributed by atoms with van der Waals surface area (Å²) in [7, 11) is 0. The van der Waals surface area contributed by atoms with Gasteiger partial charge in [-0.05, 0) is 17.0 Å². The number of fused-ring (bicyclic) bond motifs is 1.